The molecule has 0 saturated heterocycles. The second kappa shape index (κ2) is 8.31. The van der Waals surface area contributed by atoms with E-state index in [1.807, 2.05) is 6.07 Å². The highest BCUT2D eigenvalue weighted by Gasteiger charge is 2.23. The van der Waals surface area contributed by atoms with E-state index in [1.165, 1.54) is 25.1 Å². The van der Waals surface area contributed by atoms with Crippen LogP contribution in [-0.2, 0) is 14.6 Å². The summed E-state index contributed by atoms with van der Waals surface area (Å²) in [6.45, 7) is 1.44. The Morgan fingerprint density at radius 1 is 1.33 bits per heavy atom. The summed E-state index contributed by atoms with van der Waals surface area (Å²) >= 11 is 0. The molecule has 0 aliphatic heterocycles. The lowest BCUT2D eigenvalue weighted by atomic mass is 10.1. The normalized spacial score (nSPS) is 11.7. The van der Waals surface area contributed by atoms with Crippen molar-refractivity contribution in [1.29, 1.82) is 5.26 Å². The van der Waals surface area contributed by atoms with Gasteiger partial charge in [0.25, 0.3) is 0 Å². The number of hydrogen-bond acceptors (Lipinski definition) is 5. The Hall–Kier alpha value is -3.41. The molecule has 1 unspecified atom stereocenters. The fourth-order valence-corrected chi connectivity index (χ4v) is 3.80. The van der Waals surface area contributed by atoms with E-state index in [0.717, 1.165) is 24.3 Å². The summed E-state index contributed by atoms with van der Waals surface area (Å²) in [5.74, 6) is -2.50. The minimum absolute atomic E-state index is 0.0457. The summed E-state index contributed by atoms with van der Waals surface area (Å²) in [4.78, 5) is 14.8. The number of azide groups is 1. The Balaban J connectivity index is 2.14. The maximum Gasteiger partial charge on any atom is 0.228 e. The Kier molecular flexibility index (Phi) is 6.13. The van der Waals surface area contributed by atoms with Gasteiger partial charge in [0, 0.05) is 16.5 Å². The third-order valence-electron chi connectivity index (χ3n) is 3.63. The maximum absolute atomic E-state index is 12.9. The fraction of sp³-hybridized carbons (Fsp3) is 0.176. The minimum atomic E-state index is -3.78. The third kappa shape index (κ3) is 5.04. The predicted molar refractivity (Wildman–Crippen MR) is 96.2 cm³/mol. The summed E-state index contributed by atoms with van der Waals surface area (Å²) in [6.07, 6.45) is 0. The molecule has 1 N–H and O–H groups in total. The second-order valence-corrected chi connectivity index (χ2v) is 7.69. The summed E-state index contributed by atoms with van der Waals surface area (Å²) in [5, 5.41) is 14.8. The number of rotatable bonds is 6. The molecule has 8 nitrogen and oxygen atoms in total. The van der Waals surface area contributed by atoms with Crippen LogP contribution in [-0.4, -0.2) is 20.1 Å². The van der Waals surface area contributed by atoms with Crippen molar-refractivity contribution in [3.05, 3.63) is 64.3 Å². The molecule has 0 aliphatic rings. The lowest BCUT2D eigenvalue weighted by Crippen LogP contribution is -2.27. The molecule has 0 saturated carbocycles. The monoisotopic (exact) mass is 387 g/mol. The van der Waals surface area contributed by atoms with Gasteiger partial charge in [0.2, 0.25) is 5.91 Å². The smallest absolute Gasteiger partial charge is 0.228 e. The zero-order valence-electron chi connectivity index (χ0n) is 14.1. The van der Waals surface area contributed by atoms with E-state index < -0.39 is 33.2 Å². The Bertz CT molecular complexity index is 1050. The number of anilines is 1. The molecule has 0 radical (unpaired) electrons. The van der Waals surface area contributed by atoms with Crippen molar-refractivity contribution in [1.82, 2.24) is 0 Å². The molecule has 10 heteroatoms. The molecule has 138 valence electrons. The third-order valence-corrected chi connectivity index (χ3v) is 5.56. The fourth-order valence-electron chi connectivity index (χ4n) is 2.24. The van der Waals surface area contributed by atoms with Crippen LogP contribution in [0.1, 0.15) is 12.5 Å². The van der Waals surface area contributed by atoms with E-state index >= 15 is 0 Å². The van der Waals surface area contributed by atoms with Crippen molar-refractivity contribution in [3.63, 3.8) is 0 Å². The van der Waals surface area contributed by atoms with Crippen LogP contribution in [0.3, 0.4) is 0 Å². The highest BCUT2D eigenvalue weighted by atomic mass is 32.2. The summed E-state index contributed by atoms with van der Waals surface area (Å²) in [7, 11) is -3.78. The van der Waals surface area contributed by atoms with Gasteiger partial charge in [-0.15, -0.1) is 0 Å². The van der Waals surface area contributed by atoms with E-state index in [0.29, 0.717) is 0 Å². The molecule has 0 fully saturated rings. The average molecular weight is 387 g/mol. The van der Waals surface area contributed by atoms with E-state index in [1.54, 1.807) is 0 Å². The first-order valence-corrected chi connectivity index (χ1v) is 9.30. The summed E-state index contributed by atoms with van der Waals surface area (Å²) in [6, 6.07) is 10.3. The topological polar surface area (TPSA) is 136 Å². The van der Waals surface area contributed by atoms with E-state index in [2.05, 4.69) is 15.3 Å². The zero-order chi connectivity index (χ0) is 20.0. The van der Waals surface area contributed by atoms with Gasteiger partial charge in [-0.3, -0.25) is 4.79 Å². The van der Waals surface area contributed by atoms with Crippen LogP contribution in [0.4, 0.5) is 15.8 Å². The van der Waals surface area contributed by atoms with Crippen molar-refractivity contribution in [2.45, 2.75) is 11.8 Å². The molecule has 0 aromatic heterocycles. The molecule has 2 aromatic carbocycles. The molecule has 1 amide bonds. The first-order valence-electron chi connectivity index (χ1n) is 7.65. The number of carbonyl (C=O) groups is 1. The second-order valence-electron chi connectivity index (χ2n) is 5.66. The van der Waals surface area contributed by atoms with Gasteiger partial charge in [0.05, 0.1) is 28.0 Å². The Morgan fingerprint density at radius 3 is 2.59 bits per heavy atom. The molecule has 2 aromatic rings. The van der Waals surface area contributed by atoms with Gasteiger partial charge in [0.15, 0.2) is 9.84 Å². The molecule has 0 spiro atoms. The first-order chi connectivity index (χ1) is 12.8. The highest BCUT2D eigenvalue weighted by molar-refractivity contribution is 7.91. The van der Waals surface area contributed by atoms with Crippen LogP contribution in [0.15, 0.2) is 52.5 Å². The number of halogens is 1. The van der Waals surface area contributed by atoms with Gasteiger partial charge in [-0.2, -0.15) is 5.26 Å². The van der Waals surface area contributed by atoms with Gasteiger partial charge >= 0.3 is 0 Å². The Labute approximate surface area is 154 Å². The maximum atomic E-state index is 12.9. The molecule has 0 aliphatic carbocycles. The van der Waals surface area contributed by atoms with Gasteiger partial charge in [-0.1, -0.05) is 12.0 Å². The van der Waals surface area contributed by atoms with Crippen molar-refractivity contribution in [2.24, 2.45) is 11.0 Å². The zero-order valence-corrected chi connectivity index (χ0v) is 14.9. The molecular formula is C17H14FN5O3S. The highest BCUT2D eigenvalue weighted by Crippen LogP contribution is 2.24. The quantitative estimate of drug-likeness (QED) is 0.350. The molecule has 1 atom stereocenters. The number of sulfone groups is 1. The SMILES string of the molecule is CC(CS(=O)(=O)c1ccc(F)cc1)C(=O)Nc1ccc(C#N)c(N=[N+]=[N-])c1. The number of nitriles is 1. The number of carbonyl (C=O) groups excluding carboxylic acids is 1. The van der Waals surface area contributed by atoms with E-state index in [9.17, 15) is 17.6 Å². The molecule has 0 heterocycles. The molecule has 2 rings (SSSR count). The van der Waals surface area contributed by atoms with Crippen molar-refractivity contribution < 1.29 is 17.6 Å². The number of hydrogen-bond donors (Lipinski definition) is 1. The van der Waals surface area contributed by atoms with Crippen LogP contribution >= 0.6 is 0 Å². The standard InChI is InChI=1S/C17H14FN5O3S/c1-11(10-27(25,26)15-6-3-13(18)4-7-15)17(24)21-14-5-2-12(9-19)16(8-14)22-23-20/h2-8,11H,10H2,1H3,(H,21,24). The average Bonchev–Trinajstić information content (AvgIpc) is 2.62. The summed E-state index contributed by atoms with van der Waals surface area (Å²) < 4.78 is 37.6. The van der Waals surface area contributed by atoms with Crippen LogP contribution < -0.4 is 5.32 Å². The number of benzene rings is 2. The van der Waals surface area contributed by atoms with Crippen LogP contribution in [0.25, 0.3) is 10.4 Å². The number of nitrogens with zero attached hydrogens (tertiary/aromatic N) is 4. The van der Waals surface area contributed by atoms with Crippen molar-refractivity contribution >= 4 is 27.1 Å². The van der Waals surface area contributed by atoms with E-state index in [4.69, 9.17) is 10.8 Å². The Morgan fingerprint density at radius 2 is 2.00 bits per heavy atom. The van der Waals surface area contributed by atoms with Crippen molar-refractivity contribution in [2.75, 3.05) is 11.1 Å². The van der Waals surface area contributed by atoms with Crippen LogP contribution in [0.5, 0.6) is 0 Å². The van der Waals surface area contributed by atoms with Crippen molar-refractivity contribution in [3.8, 4) is 6.07 Å². The van der Waals surface area contributed by atoms with Gasteiger partial charge in [-0.05, 0) is 48.0 Å². The lowest BCUT2D eigenvalue weighted by molar-refractivity contribution is -0.118. The predicted octanol–water partition coefficient (Wildman–Crippen LogP) is 3.69. The van der Waals surface area contributed by atoms with Crippen LogP contribution in [0, 0.1) is 23.1 Å². The number of amides is 1. The number of nitrogens with one attached hydrogen (secondary N) is 1. The van der Waals surface area contributed by atoms with E-state index in [-0.39, 0.29) is 21.8 Å². The molecular weight excluding hydrogens is 373 g/mol. The van der Waals surface area contributed by atoms with Gasteiger partial charge < -0.3 is 5.32 Å². The largest absolute Gasteiger partial charge is 0.326 e. The minimum Gasteiger partial charge on any atom is -0.326 e. The molecule has 27 heavy (non-hydrogen) atoms. The van der Waals surface area contributed by atoms with Gasteiger partial charge in [0.1, 0.15) is 5.82 Å². The first kappa shape index (κ1) is 19.9. The lowest BCUT2D eigenvalue weighted by Gasteiger charge is -2.13. The summed E-state index contributed by atoms with van der Waals surface area (Å²) in [5.41, 5.74) is 8.96. The molecule has 0 bridgehead atoms. The van der Waals surface area contributed by atoms with Crippen LogP contribution in [0.2, 0.25) is 0 Å². The van der Waals surface area contributed by atoms with Gasteiger partial charge in [-0.25, -0.2) is 12.8 Å².